The van der Waals surface area contributed by atoms with Gasteiger partial charge in [-0.15, -0.1) is 0 Å². The molecule has 0 fully saturated rings. The first-order valence-electron chi connectivity index (χ1n) is 4.45. The Kier molecular flexibility index (Phi) is 2.11. The second-order valence-electron chi connectivity index (χ2n) is 3.13. The van der Waals surface area contributed by atoms with Gasteiger partial charge in [-0.1, -0.05) is 13.2 Å². The molecule has 0 saturated heterocycles. The van der Waals surface area contributed by atoms with E-state index >= 15 is 0 Å². The lowest BCUT2D eigenvalue weighted by Gasteiger charge is -2.01. The van der Waals surface area contributed by atoms with Crippen molar-refractivity contribution in [1.82, 2.24) is 9.55 Å². The van der Waals surface area contributed by atoms with Crippen LogP contribution >= 0.6 is 0 Å². The number of nitriles is 1. The number of nitrogens with zero attached hydrogens (tertiary/aromatic N) is 3. The zero-order chi connectivity index (χ0) is 10.8. The second kappa shape index (κ2) is 3.43. The Hall–Kier alpha value is -2.34. The van der Waals surface area contributed by atoms with Crippen LogP contribution in [-0.4, -0.2) is 9.55 Å². The predicted molar refractivity (Wildman–Crippen MR) is 60.0 cm³/mol. The van der Waals surface area contributed by atoms with Crippen molar-refractivity contribution in [3.8, 4) is 6.07 Å². The van der Waals surface area contributed by atoms with Crippen molar-refractivity contribution in [2.24, 2.45) is 0 Å². The van der Waals surface area contributed by atoms with Gasteiger partial charge < -0.3 is 0 Å². The molecule has 0 atom stereocenters. The van der Waals surface area contributed by atoms with Crippen LogP contribution in [0.1, 0.15) is 5.56 Å². The number of imidazole rings is 1. The maximum absolute atomic E-state index is 8.74. The zero-order valence-electron chi connectivity index (χ0n) is 8.14. The lowest BCUT2D eigenvalue weighted by molar-refractivity contribution is 1.14. The van der Waals surface area contributed by atoms with Gasteiger partial charge in [0.15, 0.2) is 0 Å². The third-order valence-corrected chi connectivity index (χ3v) is 2.22. The second-order valence-corrected chi connectivity index (χ2v) is 3.13. The lowest BCUT2D eigenvalue weighted by atomic mass is 10.2. The van der Waals surface area contributed by atoms with Gasteiger partial charge >= 0.3 is 0 Å². The molecule has 0 aliphatic heterocycles. The molecule has 0 spiro atoms. The Morgan fingerprint density at radius 2 is 2.33 bits per heavy atom. The van der Waals surface area contributed by atoms with E-state index in [0.717, 1.165) is 16.7 Å². The standard InChI is InChI=1S/C12H9N3/c1-3-9(2)15-8-14-11-6-10(7-13)4-5-12(11)15/h3-6,8H,1-2H2. The summed E-state index contributed by atoms with van der Waals surface area (Å²) in [6, 6.07) is 7.45. The van der Waals surface area contributed by atoms with Crippen LogP contribution in [0.25, 0.3) is 16.7 Å². The van der Waals surface area contributed by atoms with Crippen molar-refractivity contribution in [3.63, 3.8) is 0 Å². The minimum Gasteiger partial charge on any atom is -0.299 e. The van der Waals surface area contributed by atoms with E-state index < -0.39 is 0 Å². The van der Waals surface area contributed by atoms with Gasteiger partial charge in [-0.25, -0.2) is 4.98 Å². The Labute approximate surface area is 87.6 Å². The monoisotopic (exact) mass is 195 g/mol. The number of hydrogen-bond acceptors (Lipinski definition) is 2. The summed E-state index contributed by atoms with van der Waals surface area (Å²) in [5, 5.41) is 8.74. The van der Waals surface area contributed by atoms with Crippen molar-refractivity contribution in [3.05, 3.63) is 49.3 Å². The number of allylic oxidation sites excluding steroid dienone is 2. The maximum Gasteiger partial charge on any atom is 0.100 e. The maximum atomic E-state index is 8.74. The van der Waals surface area contributed by atoms with Crippen molar-refractivity contribution >= 4 is 16.7 Å². The van der Waals surface area contributed by atoms with Crippen LogP contribution in [0.3, 0.4) is 0 Å². The van der Waals surface area contributed by atoms with E-state index in [4.69, 9.17) is 5.26 Å². The molecule has 0 bridgehead atoms. The Bertz CT molecular complexity index is 584. The van der Waals surface area contributed by atoms with Crippen molar-refractivity contribution in [1.29, 1.82) is 5.26 Å². The summed E-state index contributed by atoms with van der Waals surface area (Å²) in [6.45, 7) is 7.50. The van der Waals surface area contributed by atoms with Gasteiger partial charge in [0, 0.05) is 5.70 Å². The third kappa shape index (κ3) is 1.42. The highest BCUT2D eigenvalue weighted by atomic mass is 15.0. The van der Waals surface area contributed by atoms with E-state index in [1.165, 1.54) is 0 Å². The Morgan fingerprint density at radius 1 is 1.53 bits per heavy atom. The van der Waals surface area contributed by atoms with E-state index in [0.29, 0.717) is 5.56 Å². The summed E-state index contributed by atoms with van der Waals surface area (Å²) >= 11 is 0. The Morgan fingerprint density at radius 3 is 3.00 bits per heavy atom. The first-order chi connectivity index (χ1) is 7.26. The molecule has 15 heavy (non-hydrogen) atoms. The predicted octanol–water partition coefficient (Wildman–Crippen LogP) is 2.56. The summed E-state index contributed by atoms with van der Waals surface area (Å²) < 4.78 is 1.84. The molecular formula is C12H9N3. The van der Waals surface area contributed by atoms with Crippen LogP contribution < -0.4 is 0 Å². The van der Waals surface area contributed by atoms with E-state index in [1.54, 1.807) is 24.5 Å². The van der Waals surface area contributed by atoms with Gasteiger partial charge in [0.25, 0.3) is 0 Å². The van der Waals surface area contributed by atoms with Gasteiger partial charge in [-0.05, 0) is 24.3 Å². The minimum absolute atomic E-state index is 0.608. The highest BCUT2D eigenvalue weighted by molar-refractivity contribution is 5.81. The fourth-order valence-corrected chi connectivity index (χ4v) is 1.41. The zero-order valence-corrected chi connectivity index (χ0v) is 8.14. The van der Waals surface area contributed by atoms with Crippen LogP contribution in [0.15, 0.2) is 43.8 Å². The highest BCUT2D eigenvalue weighted by Crippen LogP contribution is 2.17. The largest absolute Gasteiger partial charge is 0.299 e. The van der Waals surface area contributed by atoms with E-state index in [9.17, 15) is 0 Å². The van der Waals surface area contributed by atoms with Crippen LogP contribution in [0.2, 0.25) is 0 Å². The fourth-order valence-electron chi connectivity index (χ4n) is 1.41. The van der Waals surface area contributed by atoms with Crippen molar-refractivity contribution in [2.45, 2.75) is 0 Å². The first kappa shape index (κ1) is 9.22. The molecule has 2 rings (SSSR count). The summed E-state index contributed by atoms with van der Waals surface area (Å²) in [5.74, 6) is 0. The molecule has 0 N–H and O–H groups in total. The molecular weight excluding hydrogens is 186 g/mol. The van der Waals surface area contributed by atoms with Gasteiger partial charge in [0.1, 0.15) is 6.33 Å². The lowest BCUT2D eigenvalue weighted by Crippen LogP contribution is -1.89. The number of hydrogen-bond donors (Lipinski definition) is 0. The summed E-state index contributed by atoms with van der Waals surface area (Å²) in [4.78, 5) is 4.20. The molecule has 0 aliphatic rings. The van der Waals surface area contributed by atoms with Crippen molar-refractivity contribution < 1.29 is 0 Å². The molecule has 1 aromatic carbocycles. The average Bonchev–Trinajstić information content (AvgIpc) is 2.70. The van der Waals surface area contributed by atoms with Crippen molar-refractivity contribution in [2.75, 3.05) is 0 Å². The summed E-state index contributed by atoms with van der Waals surface area (Å²) in [6.07, 6.45) is 3.34. The van der Waals surface area contributed by atoms with Crippen LogP contribution in [0.5, 0.6) is 0 Å². The molecule has 0 amide bonds. The molecule has 3 nitrogen and oxygen atoms in total. The topological polar surface area (TPSA) is 41.6 Å². The SMILES string of the molecule is C=CC(=C)n1cnc2cc(C#N)ccc21. The quantitative estimate of drug-likeness (QED) is 0.691. The molecule has 0 unspecified atom stereocenters. The van der Waals surface area contributed by atoms with Crippen LogP contribution in [0.4, 0.5) is 0 Å². The van der Waals surface area contributed by atoms with E-state index in [1.807, 2.05) is 10.6 Å². The third-order valence-electron chi connectivity index (χ3n) is 2.22. The molecule has 1 heterocycles. The van der Waals surface area contributed by atoms with Crippen LogP contribution in [-0.2, 0) is 0 Å². The normalized spacial score (nSPS) is 9.80. The minimum atomic E-state index is 0.608. The molecule has 2 aromatic rings. The van der Waals surface area contributed by atoms with Gasteiger partial charge in [0.2, 0.25) is 0 Å². The molecule has 72 valence electrons. The fraction of sp³-hybridized carbons (Fsp3) is 0. The Balaban J connectivity index is 2.68. The molecule has 0 saturated carbocycles. The summed E-state index contributed by atoms with van der Waals surface area (Å²) in [5.41, 5.74) is 3.09. The number of aromatic nitrogens is 2. The van der Waals surface area contributed by atoms with Gasteiger partial charge in [-0.3, -0.25) is 4.57 Å². The molecule has 0 aliphatic carbocycles. The summed E-state index contributed by atoms with van der Waals surface area (Å²) in [7, 11) is 0. The van der Waals surface area contributed by atoms with Gasteiger partial charge in [0.05, 0.1) is 22.7 Å². The highest BCUT2D eigenvalue weighted by Gasteiger charge is 2.03. The van der Waals surface area contributed by atoms with E-state index in [2.05, 4.69) is 24.2 Å². The molecule has 1 aromatic heterocycles. The molecule has 0 radical (unpaired) electrons. The number of rotatable bonds is 2. The van der Waals surface area contributed by atoms with E-state index in [-0.39, 0.29) is 0 Å². The van der Waals surface area contributed by atoms with Gasteiger partial charge in [-0.2, -0.15) is 5.26 Å². The molecule has 3 heteroatoms. The van der Waals surface area contributed by atoms with Crippen LogP contribution in [0, 0.1) is 11.3 Å². The first-order valence-corrected chi connectivity index (χ1v) is 4.45. The number of benzene rings is 1. The smallest absolute Gasteiger partial charge is 0.100 e. The number of fused-ring (bicyclic) bond motifs is 1. The average molecular weight is 195 g/mol.